The number of hydrogen-bond donors (Lipinski definition) is 0. The van der Waals surface area contributed by atoms with Crippen molar-refractivity contribution < 1.29 is 0 Å². The molecule has 0 saturated carbocycles. The Hall–Kier alpha value is -1.41. The van der Waals surface area contributed by atoms with Gasteiger partial charge >= 0.3 is 0 Å². The molecule has 1 saturated heterocycles. The lowest BCUT2D eigenvalue weighted by atomic mass is 9.96. The van der Waals surface area contributed by atoms with Gasteiger partial charge in [-0.3, -0.25) is 9.88 Å². The van der Waals surface area contributed by atoms with E-state index in [4.69, 9.17) is 4.98 Å². The van der Waals surface area contributed by atoms with E-state index in [1.54, 1.807) is 5.56 Å². The van der Waals surface area contributed by atoms with Gasteiger partial charge in [0.2, 0.25) is 0 Å². The van der Waals surface area contributed by atoms with Crippen LogP contribution in [-0.4, -0.2) is 23.0 Å². The fraction of sp³-hybridized carbons (Fsp3) is 0.550. The van der Waals surface area contributed by atoms with Gasteiger partial charge in [-0.15, -0.1) is 0 Å². The molecule has 1 aliphatic carbocycles. The van der Waals surface area contributed by atoms with Gasteiger partial charge in [-0.1, -0.05) is 6.92 Å². The smallest absolute Gasteiger partial charge is 0.0711 e. The van der Waals surface area contributed by atoms with Gasteiger partial charge in [0, 0.05) is 17.6 Å². The van der Waals surface area contributed by atoms with E-state index in [0.29, 0.717) is 0 Å². The highest BCUT2D eigenvalue weighted by molar-refractivity contribution is 5.86. The van der Waals surface area contributed by atoms with Crippen LogP contribution in [0.2, 0.25) is 0 Å². The molecule has 0 spiro atoms. The molecular weight excluding hydrogens is 268 g/mol. The van der Waals surface area contributed by atoms with Crippen LogP contribution in [-0.2, 0) is 25.8 Å². The molecule has 0 bridgehead atoms. The minimum atomic E-state index is 1.11. The Balaban J connectivity index is 1.82. The largest absolute Gasteiger partial charge is 0.299 e. The van der Waals surface area contributed by atoms with Gasteiger partial charge < -0.3 is 0 Å². The summed E-state index contributed by atoms with van der Waals surface area (Å²) in [5, 5.41) is 1.43. The predicted molar refractivity (Wildman–Crippen MR) is 92.4 cm³/mol. The summed E-state index contributed by atoms with van der Waals surface area (Å²) in [6, 6.07) is 4.84. The quantitative estimate of drug-likeness (QED) is 0.844. The molecule has 2 heteroatoms. The van der Waals surface area contributed by atoms with E-state index in [0.717, 1.165) is 13.0 Å². The third kappa shape index (κ3) is 2.34. The number of pyridine rings is 1. The topological polar surface area (TPSA) is 16.1 Å². The number of hydrogen-bond acceptors (Lipinski definition) is 2. The van der Waals surface area contributed by atoms with Crippen LogP contribution in [0.5, 0.6) is 0 Å². The second-order valence-electron chi connectivity index (χ2n) is 6.98. The zero-order chi connectivity index (χ0) is 15.1. The van der Waals surface area contributed by atoms with Crippen LogP contribution in [0.1, 0.15) is 54.1 Å². The summed E-state index contributed by atoms with van der Waals surface area (Å²) in [4.78, 5) is 7.54. The molecule has 1 fully saturated rings. The van der Waals surface area contributed by atoms with Crippen LogP contribution in [0.3, 0.4) is 0 Å². The van der Waals surface area contributed by atoms with E-state index in [1.807, 2.05) is 0 Å². The van der Waals surface area contributed by atoms with E-state index < -0.39 is 0 Å². The fourth-order valence-electron chi connectivity index (χ4n) is 4.36. The monoisotopic (exact) mass is 294 g/mol. The van der Waals surface area contributed by atoms with E-state index >= 15 is 0 Å². The van der Waals surface area contributed by atoms with Gasteiger partial charge in [0.1, 0.15) is 0 Å². The minimum absolute atomic E-state index is 1.11. The second kappa shape index (κ2) is 5.66. The molecule has 2 nitrogen and oxygen atoms in total. The number of fused-ring (bicyclic) bond motifs is 3. The van der Waals surface area contributed by atoms with Crippen molar-refractivity contribution in [3.63, 3.8) is 0 Å². The molecule has 1 aromatic carbocycles. The number of rotatable bonds is 3. The molecule has 2 aliphatic rings. The van der Waals surface area contributed by atoms with Gasteiger partial charge in [0.15, 0.2) is 0 Å². The predicted octanol–water partition coefficient (Wildman–Crippen LogP) is 4.19. The minimum Gasteiger partial charge on any atom is -0.299 e. The fourth-order valence-corrected chi connectivity index (χ4v) is 4.36. The normalized spacial score (nSPS) is 18.3. The SMILES string of the molecule is CCc1cc2c3c(c(C)nc2cc1CN1CCCC1)CCC3. The maximum Gasteiger partial charge on any atom is 0.0711 e. The highest BCUT2D eigenvalue weighted by Crippen LogP contribution is 2.33. The molecule has 4 rings (SSSR count). The van der Waals surface area contributed by atoms with E-state index in [9.17, 15) is 0 Å². The van der Waals surface area contributed by atoms with Crippen molar-refractivity contribution in [2.75, 3.05) is 13.1 Å². The summed E-state index contributed by atoms with van der Waals surface area (Å²) in [6.07, 6.45) is 7.61. The average molecular weight is 294 g/mol. The summed E-state index contributed by atoms with van der Waals surface area (Å²) >= 11 is 0. The first-order valence-corrected chi connectivity index (χ1v) is 8.92. The molecule has 0 atom stereocenters. The third-order valence-electron chi connectivity index (χ3n) is 5.56. The van der Waals surface area contributed by atoms with Crippen molar-refractivity contribution in [1.29, 1.82) is 0 Å². The second-order valence-corrected chi connectivity index (χ2v) is 6.98. The van der Waals surface area contributed by atoms with Crippen LogP contribution in [0.25, 0.3) is 10.9 Å². The van der Waals surface area contributed by atoms with Crippen LogP contribution in [0.15, 0.2) is 12.1 Å². The summed E-state index contributed by atoms with van der Waals surface area (Å²) in [6.45, 7) is 8.11. The number of likely N-dealkylation sites (tertiary alicyclic amines) is 1. The molecule has 116 valence electrons. The maximum absolute atomic E-state index is 4.94. The molecule has 1 aliphatic heterocycles. The average Bonchev–Trinajstić information content (AvgIpc) is 3.18. The lowest BCUT2D eigenvalue weighted by Gasteiger charge is -2.19. The number of benzene rings is 1. The zero-order valence-electron chi connectivity index (χ0n) is 13.9. The zero-order valence-corrected chi connectivity index (χ0v) is 13.9. The van der Waals surface area contributed by atoms with Crippen molar-refractivity contribution in [2.24, 2.45) is 0 Å². The number of aryl methyl sites for hydroxylation is 3. The number of nitrogens with zero attached hydrogens (tertiary/aromatic N) is 2. The van der Waals surface area contributed by atoms with Crippen molar-refractivity contribution in [3.8, 4) is 0 Å². The van der Waals surface area contributed by atoms with Crippen LogP contribution < -0.4 is 0 Å². The van der Waals surface area contributed by atoms with Crippen molar-refractivity contribution >= 4 is 10.9 Å². The Morgan fingerprint density at radius 1 is 1.00 bits per heavy atom. The molecule has 0 N–H and O–H groups in total. The van der Waals surface area contributed by atoms with Gasteiger partial charge in [0.25, 0.3) is 0 Å². The van der Waals surface area contributed by atoms with Crippen LogP contribution >= 0.6 is 0 Å². The lowest BCUT2D eigenvalue weighted by Crippen LogP contribution is -2.19. The summed E-state index contributed by atoms with van der Waals surface area (Å²) in [5.74, 6) is 0. The molecule has 0 amide bonds. The Kier molecular flexibility index (Phi) is 3.65. The standard InChI is InChI=1S/C20H26N2/c1-3-15-11-19-18-8-6-7-17(18)14(2)21-20(19)12-16(15)13-22-9-4-5-10-22/h11-12H,3-10,13H2,1-2H3. The molecule has 2 heterocycles. The van der Waals surface area contributed by atoms with E-state index in [2.05, 4.69) is 30.9 Å². The first-order chi connectivity index (χ1) is 10.8. The Morgan fingerprint density at radius 2 is 1.77 bits per heavy atom. The maximum atomic E-state index is 4.94. The first-order valence-electron chi connectivity index (χ1n) is 8.92. The van der Waals surface area contributed by atoms with Crippen molar-refractivity contribution in [2.45, 2.75) is 58.9 Å². The Bertz CT molecular complexity index is 711. The summed E-state index contributed by atoms with van der Waals surface area (Å²) < 4.78 is 0. The van der Waals surface area contributed by atoms with Gasteiger partial charge in [0.05, 0.1) is 5.52 Å². The van der Waals surface area contributed by atoms with E-state index in [1.165, 1.54) is 78.5 Å². The van der Waals surface area contributed by atoms with Crippen molar-refractivity contribution in [1.82, 2.24) is 9.88 Å². The molecule has 0 radical (unpaired) electrons. The molecule has 2 aromatic rings. The van der Waals surface area contributed by atoms with Gasteiger partial charge in [-0.25, -0.2) is 0 Å². The van der Waals surface area contributed by atoms with Gasteiger partial charge in [-0.2, -0.15) is 0 Å². The molecule has 22 heavy (non-hydrogen) atoms. The third-order valence-corrected chi connectivity index (χ3v) is 5.56. The molecule has 0 unspecified atom stereocenters. The first kappa shape index (κ1) is 14.2. The summed E-state index contributed by atoms with van der Waals surface area (Å²) in [5.41, 5.74) is 8.63. The van der Waals surface area contributed by atoms with Crippen molar-refractivity contribution in [3.05, 3.63) is 40.1 Å². The molecule has 1 aromatic heterocycles. The highest BCUT2D eigenvalue weighted by atomic mass is 15.1. The lowest BCUT2D eigenvalue weighted by molar-refractivity contribution is 0.330. The highest BCUT2D eigenvalue weighted by Gasteiger charge is 2.20. The van der Waals surface area contributed by atoms with Crippen LogP contribution in [0, 0.1) is 6.92 Å². The Morgan fingerprint density at radius 3 is 2.55 bits per heavy atom. The Labute approximate surface area is 133 Å². The number of aromatic nitrogens is 1. The molecular formula is C20H26N2. The summed E-state index contributed by atoms with van der Waals surface area (Å²) in [7, 11) is 0. The van der Waals surface area contributed by atoms with Crippen LogP contribution in [0.4, 0.5) is 0 Å². The van der Waals surface area contributed by atoms with Gasteiger partial charge in [-0.05, 0) is 92.9 Å². The van der Waals surface area contributed by atoms with E-state index in [-0.39, 0.29) is 0 Å².